The van der Waals surface area contributed by atoms with Gasteiger partial charge in [-0.2, -0.15) is 0 Å². The number of carbonyl (C=O) groups excluding carboxylic acids is 1. The highest BCUT2D eigenvalue weighted by Gasteiger charge is 2.29. The van der Waals surface area contributed by atoms with Crippen molar-refractivity contribution in [3.63, 3.8) is 0 Å². The van der Waals surface area contributed by atoms with E-state index in [0.717, 1.165) is 56.9 Å². The Morgan fingerprint density at radius 3 is 2.36 bits per heavy atom. The Morgan fingerprint density at radius 1 is 1.00 bits per heavy atom. The summed E-state index contributed by atoms with van der Waals surface area (Å²) < 4.78 is 10.9. The maximum absolute atomic E-state index is 12.8. The lowest BCUT2D eigenvalue weighted by atomic mass is 9.77. The Morgan fingerprint density at radius 2 is 1.67 bits per heavy atom. The summed E-state index contributed by atoms with van der Waals surface area (Å²) in [5.41, 5.74) is 7.90. The van der Waals surface area contributed by atoms with E-state index in [1.54, 1.807) is 14.2 Å². The molecule has 0 fully saturated rings. The summed E-state index contributed by atoms with van der Waals surface area (Å²) in [6.07, 6.45) is 3.59. The van der Waals surface area contributed by atoms with Crippen molar-refractivity contribution in [2.24, 2.45) is 0 Å². The molecule has 0 bridgehead atoms. The first kappa shape index (κ1) is 25.4. The Balaban J connectivity index is 0.00000306. The van der Waals surface area contributed by atoms with E-state index >= 15 is 0 Å². The molecule has 2 aliphatic rings. The molecule has 1 heterocycles. The number of amides is 1. The summed E-state index contributed by atoms with van der Waals surface area (Å²) in [6.45, 7) is 7.97. The molecular weight excluding hydrogens is 436 g/mol. The number of ether oxygens (including phenoxy) is 2. The number of aryl methyl sites for hydroxylation is 2. The molecule has 1 aliphatic heterocycles. The predicted molar refractivity (Wildman–Crippen MR) is 135 cm³/mol. The molecule has 0 saturated heterocycles. The van der Waals surface area contributed by atoms with Gasteiger partial charge >= 0.3 is 0 Å². The van der Waals surface area contributed by atoms with E-state index in [9.17, 15) is 4.79 Å². The Bertz CT molecular complexity index is 1010. The van der Waals surface area contributed by atoms with Crippen LogP contribution in [0.1, 0.15) is 45.7 Å². The normalized spacial score (nSPS) is 17.0. The van der Waals surface area contributed by atoms with Gasteiger partial charge in [0, 0.05) is 25.6 Å². The number of likely N-dealkylation sites (N-methyl/N-ethyl adjacent to an activating group) is 1. The zero-order valence-corrected chi connectivity index (χ0v) is 21.4. The first-order chi connectivity index (χ1) is 15.4. The molecule has 1 amide bonds. The number of nitrogens with zero attached hydrogens (tertiary/aromatic N) is 2. The molecule has 0 spiro atoms. The van der Waals surface area contributed by atoms with Crippen LogP contribution in [0.4, 0.5) is 0 Å². The van der Waals surface area contributed by atoms with Gasteiger partial charge in [0.05, 0.1) is 20.6 Å². The minimum atomic E-state index is 0. The van der Waals surface area contributed by atoms with Crippen LogP contribution >= 0.6 is 12.4 Å². The van der Waals surface area contributed by atoms with Crippen LogP contribution in [0, 0.1) is 13.8 Å². The first-order valence-electron chi connectivity index (χ1n) is 11.7. The second kappa shape index (κ2) is 10.8. The molecule has 6 heteroatoms. The fourth-order valence-electron chi connectivity index (χ4n) is 5.12. The molecule has 2 aromatic carbocycles. The molecule has 0 saturated carbocycles. The molecule has 0 unspecified atom stereocenters. The number of rotatable bonds is 8. The van der Waals surface area contributed by atoms with E-state index < -0.39 is 0 Å². The van der Waals surface area contributed by atoms with E-state index in [-0.39, 0.29) is 18.3 Å². The van der Waals surface area contributed by atoms with Crippen LogP contribution in [0.3, 0.4) is 0 Å². The van der Waals surface area contributed by atoms with E-state index in [4.69, 9.17) is 9.47 Å². The van der Waals surface area contributed by atoms with Gasteiger partial charge in [-0.15, -0.1) is 12.4 Å². The van der Waals surface area contributed by atoms with Crippen LogP contribution in [0.5, 0.6) is 11.5 Å². The fraction of sp³-hybridized carbons (Fsp3) is 0.519. The lowest BCUT2D eigenvalue weighted by Crippen LogP contribution is -2.36. The van der Waals surface area contributed by atoms with Gasteiger partial charge in [0.25, 0.3) is 0 Å². The highest BCUT2D eigenvalue weighted by Crippen LogP contribution is 2.42. The number of hydrogen-bond donors (Lipinski definition) is 0. The Labute approximate surface area is 204 Å². The fourth-order valence-corrected chi connectivity index (χ4v) is 5.12. The first-order valence-corrected chi connectivity index (χ1v) is 11.7. The zero-order chi connectivity index (χ0) is 22.8. The van der Waals surface area contributed by atoms with Crippen molar-refractivity contribution in [1.29, 1.82) is 0 Å². The van der Waals surface area contributed by atoms with Crippen LogP contribution < -0.4 is 9.47 Å². The summed E-state index contributed by atoms with van der Waals surface area (Å²) in [7, 11) is 5.56. The summed E-state index contributed by atoms with van der Waals surface area (Å²) in [4.78, 5) is 17.3. The molecular formula is C27H37ClN2O3. The quantitative estimate of drug-likeness (QED) is 0.573. The average molecular weight is 473 g/mol. The van der Waals surface area contributed by atoms with Gasteiger partial charge < -0.3 is 19.3 Å². The lowest BCUT2D eigenvalue weighted by molar-refractivity contribution is -0.130. The molecule has 0 aromatic heterocycles. The SMILES string of the molecule is COc1cc2c(cc1OC)[C@@H](CN(C)CCCN1CCc3cc(C)c(C)cc3CC1=O)C2.Cl. The number of hydrogen-bond acceptors (Lipinski definition) is 4. The lowest BCUT2D eigenvalue weighted by Gasteiger charge is -2.34. The standard InChI is InChI=1S/C27H36N2O3.ClH/c1-18-11-20-7-10-29(27(30)15-21(20)12-19(18)2)9-6-8-28(3)17-23-13-22-14-25(31-4)26(32-5)16-24(22)23;/h11-12,14,16,23H,6-10,13,15,17H2,1-5H3;1H/t23-;/m1./s1. The molecule has 4 rings (SSSR count). The number of halogens is 1. The van der Waals surface area contributed by atoms with Gasteiger partial charge in [-0.05, 0) is 92.2 Å². The number of methoxy groups -OCH3 is 2. The van der Waals surface area contributed by atoms with Crippen LogP contribution in [0.2, 0.25) is 0 Å². The molecule has 33 heavy (non-hydrogen) atoms. The molecule has 180 valence electrons. The molecule has 0 N–H and O–H groups in total. The summed E-state index contributed by atoms with van der Waals surface area (Å²) in [6, 6.07) is 8.72. The van der Waals surface area contributed by atoms with Crippen molar-refractivity contribution in [1.82, 2.24) is 9.80 Å². The third kappa shape index (κ3) is 5.47. The maximum Gasteiger partial charge on any atom is 0.227 e. The zero-order valence-electron chi connectivity index (χ0n) is 20.6. The van der Waals surface area contributed by atoms with Crippen molar-refractivity contribution >= 4 is 18.3 Å². The monoisotopic (exact) mass is 472 g/mol. The van der Waals surface area contributed by atoms with E-state index in [0.29, 0.717) is 12.3 Å². The minimum absolute atomic E-state index is 0. The van der Waals surface area contributed by atoms with Crippen LogP contribution in [0.15, 0.2) is 24.3 Å². The average Bonchev–Trinajstić information content (AvgIpc) is 2.90. The van der Waals surface area contributed by atoms with Gasteiger partial charge in [-0.25, -0.2) is 0 Å². The smallest absolute Gasteiger partial charge is 0.227 e. The van der Waals surface area contributed by atoms with E-state index in [1.807, 2.05) is 0 Å². The number of fused-ring (bicyclic) bond motifs is 2. The molecule has 1 aliphatic carbocycles. The van der Waals surface area contributed by atoms with Crippen LogP contribution in [-0.2, 0) is 24.1 Å². The third-order valence-corrected chi connectivity index (χ3v) is 7.21. The van der Waals surface area contributed by atoms with E-state index in [2.05, 4.69) is 55.0 Å². The second-order valence-corrected chi connectivity index (χ2v) is 9.44. The molecule has 5 nitrogen and oxygen atoms in total. The van der Waals surface area contributed by atoms with Gasteiger partial charge in [0.1, 0.15) is 0 Å². The summed E-state index contributed by atoms with van der Waals surface area (Å²) in [5, 5.41) is 0. The van der Waals surface area contributed by atoms with Crippen molar-refractivity contribution in [3.8, 4) is 11.5 Å². The summed E-state index contributed by atoms with van der Waals surface area (Å²) in [5.74, 6) is 2.43. The van der Waals surface area contributed by atoms with E-state index in [1.165, 1.54) is 33.4 Å². The minimum Gasteiger partial charge on any atom is -0.493 e. The highest BCUT2D eigenvalue weighted by molar-refractivity contribution is 5.85. The van der Waals surface area contributed by atoms with Gasteiger partial charge in [0.15, 0.2) is 11.5 Å². The van der Waals surface area contributed by atoms with Crippen molar-refractivity contribution in [3.05, 3.63) is 57.6 Å². The summed E-state index contributed by atoms with van der Waals surface area (Å²) >= 11 is 0. The molecule has 0 radical (unpaired) electrons. The third-order valence-electron chi connectivity index (χ3n) is 7.21. The second-order valence-electron chi connectivity index (χ2n) is 9.44. The number of benzene rings is 2. The predicted octanol–water partition coefficient (Wildman–Crippen LogP) is 4.33. The van der Waals surface area contributed by atoms with Gasteiger partial charge in [0.2, 0.25) is 5.91 Å². The topological polar surface area (TPSA) is 42.0 Å². The number of carbonyl (C=O) groups is 1. The van der Waals surface area contributed by atoms with Crippen molar-refractivity contribution < 1.29 is 14.3 Å². The van der Waals surface area contributed by atoms with Gasteiger partial charge in [-0.3, -0.25) is 4.79 Å². The highest BCUT2D eigenvalue weighted by atomic mass is 35.5. The Kier molecular flexibility index (Phi) is 8.30. The van der Waals surface area contributed by atoms with Crippen molar-refractivity contribution in [2.45, 2.75) is 45.4 Å². The van der Waals surface area contributed by atoms with Crippen molar-refractivity contribution in [2.75, 3.05) is 47.4 Å². The van der Waals surface area contributed by atoms with Crippen LogP contribution in [-0.4, -0.2) is 63.2 Å². The largest absolute Gasteiger partial charge is 0.493 e. The maximum atomic E-state index is 12.8. The molecule has 1 atom stereocenters. The molecule has 2 aromatic rings. The van der Waals surface area contributed by atoms with Gasteiger partial charge in [-0.1, -0.05) is 12.1 Å². The Hall–Kier alpha value is -2.24. The van der Waals surface area contributed by atoms with Crippen LogP contribution in [0.25, 0.3) is 0 Å².